The first-order valence-corrected chi connectivity index (χ1v) is 5.08. The third-order valence-corrected chi connectivity index (χ3v) is 1.85. The molecule has 68 valence electrons. The van der Waals surface area contributed by atoms with E-state index in [0.29, 0.717) is 0 Å². The van der Waals surface area contributed by atoms with E-state index in [1.807, 2.05) is 0 Å². The van der Waals surface area contributed by atoms with Crippen LogP contribution in [0.4, 0.5) is 0 Å². The van der Waals surface area contributed by atoms with Gasteiger partial charge in [0, 0.05) is 6.04 Å². The Morgan fingerprint density at radius 3 is 1.91 bits per heavy atom. The van der Waals surface area contributed by atoms with Crippen molar-refractivity contribution in [2.45, 2.75) is 58.9 Å². The highest BCUT2D eigenvalue weighted by Gasteiger charge is 2.11. The molecule has 0 aromatic carbocycles. The van der Waals surface area contributed by atoms with Crippen LogP contribution in [0.3, 0.4) is 0 Å². The lowest BCUT2D eigenvalue weighted by Crippen LogP contribution is -2.24. The quantitative estimate of drug-likeness (QED) is 0.650. The third-order valence-electron chi connectivity index (χ3n) is 1.85. The summed E-state index contributed by atoms with van der Waals surface area (Å²) < 4.78 is 0. The van der Waals surface area contributed by atoms with Gasteiger partial charge >= 0.3 is 0 Å². The summed E-state index contributed by atoms with van der Waals surface area (Å²) >= 11 is 0. The maximum Gasteiger partial charge on any atom is 0.00669 e. The van der Waals surface area contributed by atoms with Crippen molar-refractivity contribution in [3.8, 4) is 0 Å². The van der Waals surface area contributed by atoms with Crippen LogP contribution in [0.1, 0.15) is 52.9 Å². The second kappa shape index (κ2) is 8.06. The monoisotopic (exact) mass is 157 g/mol. The Bertz CT molecular complexity index is 65.3. The van der Waals surface area contributed by atoms with Crippen LogP contribution in [0.2, 0.25) is 0 Å². The van der Waals surface area contributed by atoms with Crippen LogP contribution >= 0.6 is 0 Å². The van der Waals surface area contributed by atoms with Crippen molar-refractivity contribution in [2.75, 3.05) is 6.54 Å². The molecule has 1 N–H and O–H groups in total. The summed E-state index contributed by atoms with van der Waals surface area (Å²) in [4.78, 5) is 0. The van der Waals surface area contributed by atoms with Gasteiger partial charge < -0.3 is 5.32 Å². The third kappa shape index (κ3) is 6.36. The highest BCUT2D eigenvalue weighted by Crippen LogP contribution is 2.16. The van der Waals surface area contributed by atoms with Crippen molar-refractivity contribution >= 4 is 0 Å². The molecular weight excluding hydrogens is 134 g/mol. The largest absolute Gasteiger partial charge is 0.314 e. The van der Waals surface area contributed by atoms with E-state index in [2.05, 4.69) is 26.1 Å². The van der Waals surface area contributed by atoms with Crippen molar-refractivity contribution < 1.29 is 0 Å². The minimum Gasteiger partial charge on any atom is -0.314 e. The molecule has 1 heteroatoms. The van der Waals surface area contributed by atoms with E-state index in [1.54, 1.807) is 0 Å². The van der Waals surface area contributed by atoms with Gasteiger partial charge in [0.15, 0.2) is 0 Å². The first-order valence-electron chi connectivity index (χ1n) is 5.08. The molecule has 0 unspecified atom stereocenters. The lowest BCUT2D eigenvalue weighted by atomic mass is 10.2. The molecule has 1 aliphatic rings. The summed E-state index contributed by atoms with van der Waals surface area (Å²) in [6, 6.07) is 0.861. The van der Waals surface area contributed by atoms with Crippen LogP contribution in [0.5, 0.6) is 0 Å². The SMILES string of the molecule is CCC.CCNC1CCCC1. The fourth-order valence-electron chi connectivity index (χ4n) is 1.42. The van der Waals surface area contributed by atoms with E-state index in [0.717, 1.165) is 12.6 Å². The van der Waals surface area contributed by atoms with Crippen LogP contribution in [-0.4, -0.2) is 12.6 Å². The molecule has 0 radical (unpaired) electrons. The van der Waals surface area contributed by atoms with Crippen molar-refractivity contribution in [2.24, 2.45) is 0 Å². The van der Waals surface area contributed by atoms with Gasteiger partial charge in [-0.25, -0.2) is 0 Å². The molecule has 0 saturated heterocycles. The zero-order valence-electron chi connectivity index (χ0n) is 8.32. The van der Waals surface area contributed by atoms with E-state index < -0.39 is 0 Å². The highest BCUT2D eigenvalue weighted by molar-refractivity contribution is 4.72. The maximum atomic E-state index is 3.44. The average molecular weight is 157 g/mol. The summed E-state index contributed by atoms with van der Waals surface area (Å²) in [5.74, 6) is 0. The molecule has 0 amide bonds. The summed E-state index contributed by atoms with van der Waals surface area (Å²) in [5.41, 5.74) is 0. The van der Waals surface area contributed by atoms with E-state index in [1.165, 1.54) is 32.1 Å². The standard InChI is InChI=1S/C7H15N.C3H8/c1-2-8-7-5-3-4-6-7;1-3-2/h7-8H,2-6H2,1H3;3H2,1-2H3. The Morgan fingerprint density at radius 1 is 1.09 bits per heavy atom. The Balaban J connectivity index is 0.000000292. The smallest absolute Gasteiger partial charge is 0.00669 e. The number of rotatable bonds is 2. The van der Waals surface area contributed by atoms with Gasteiger partial charge in [0.1, 0.15) is 0 Å². The van der Waals surface area contributed by atoms with Crippen LogP contribution in [0, 0.1) is 0 Å². The molecule has 0 heterocycles. The Kier molecular flexibility index (Phi) is 8.03. The Hall–Kier alpha value is -0.0400. The fraction of sp³-hybridized carbons (Fsp3) is 1.00. The molecule has 0 bridgehead atoms. The highest BCUT2D eigenvalue weighted by atomic mass is 14.9. The summed E-state index contributed by atoms with van der Waals surface area (Å²) in [7, 11) is 0. The maximum absolute atomic E-state index is 3.44. The van der Waals surface area contributed by atoms with Gasteiger partial charge in [-0.2, -0.15) is 0 Å². The molecule has 11 heavy (non-hydrogen) atoms. The predicted molar refractivity (Wildman–Crippen MR) is 51.9 cm³/mol. The molecule has 1 aliphatic carbocycles. The minimum atomic E-state index is 0.861. The molecule has 0 atom stereocenters. The molecule has 0 spiro atoms. The molecule has 0 aliphatic heterocycles. The van der Waals surface area contributed by atoms with Gasteiger partial charge in [-0.05, 0) is 19.4 Å². The van der Waals surface area contributed by atoms with Gasteiger partial charge in [-0.1, -0.05) is 40.0 Å². The Labute approximate surface area is 71.6 Å². The predicted octanol–water partition coefficient (Wildman–Crippen LogP) is 2.95. The van der Waals surface area contributed by atoms with Gasteiger partial charge in [-0.3, -0.25) is 0 Å². The molecule has 1 saturated carbocycles. The second-order valence-corrected chi connectivity index (χ2v) is 3.25. The minimum absolute atomic E-state index is 0.861. The molecule has 1 fully saturated rings. The van der Waals surface area contributed by atoms with Gasteiger partial charge in [0.25, 0.3) is 0 Å². The second-order valence-electron chi connectivity index (χ2n) is 3.25. The van der Waals surface area contributed by atoms with Crippen LogP contribution < -0.4 is 5.32 Å². The topological polar surface area (TPSA) is 12.0 Å². The van der Waals surface area contributed by atoms with E-state index in [9.17, 15) is 0 Å². The zero-order chi connectivity index (χ0) is 8.53. The molecule has 1 nitrogen and oxygen atoms in total. The van der Waals surface area contributed by atoms with Crippen molar-refractivity contribution in [3.05, 3.63) is 0 Å². The number of hydrogen-bond donors (Lipinski definition) is 1. The molecule has 0 aromatic heterocycles. The fourth-order valence-corrected chi connectivity index (χ4v) is 1.42. The van der Waals surface area contributed by atoms with Crippen molar-refractivity contribution in [3.63, 3.8) is 0 Å². The van der Waals surface area contributed by atoms with E-state index in [-0.39, 0.29) is 0 Å². The average Bonchev–Trinajstić information content (AvgIpc) is 2.42. The first kappa shape index (κ1) is 11.0. The number of hydrogen-bond acceptors (Lipinski definition) is 1. The summed E-state index contributed by atoms with van der Waals surface area (Å²) in [6.45, 7) is 7.57. The molecule has 0 aromatic rings. The van der Waals surface area contributed by atoms with Crippen LogP contribution in [-0.2, 0) is 0 Å². The lowest BCUT2D eigenvalue weighted by Gasteiger charge is -2.07. The first-order chi connectivity index (χ1) is 5.35. The molecule has 1 rings (SSSR count). The van der Waals surface area contributed by atoms with Gasteiger partial charge in [0.2, 0.25) is 0 Å². The summed E-state index contributed by atoms with van der Waals surface area (Å²) in [5, 5.41) is 3.44. The van der Waals surface area contributed by atoms with Gasteiger partial charge in [-0.15, -0.1) is 0 Å². The van der Waals surface area contributed by atoms with Crippen LogP contribution in [0.25, 0.3) is 0 Å². The van der Waals surface area contributed by atoms with Crippen molar-refractivity contribution in [1.29, 1.82) is 0 Å². The van der Waals surface area contributed by atoms with E-state index in [4.69, 9.17) is 0 Å². The lowest BCUT2D eigenvalue weighted by molar-refractivity contribution is 0.542. The van der Waals surface area contributed by atoms with Gasteiger partial charge in [0.05, 0.1) is 0 Å². The van der Waals surface area contributed by atoms with E-state index >= 15 is 0 Å². The summed E-state index contributed by atoms with van der Waals surface area (Å²) in [6.07, 6.45) is 6.96. The van der Waals surface area contributed by atoms with Crippen LogP contribution in [0.15, 0.2) is 0 Å². The normalized spacial score (nSPS) is 17.7. The molecular formula is C10H23N. The Morgan fingerprint density at radius 2 is 1.55 bits per heavy atom. The van der Waals surface area contributed by atoms with Crippen molar-refractivity contribution in [1.82, 2.24) is 5.32 Å². The number of nitrogens with one attached hydrogen (secondary N) is 1. The zero-order valence-corrected chi connectivity index (χ0v) is 8.32.